The van der Waals surface area contributed by atoms with Gasteiger partial charge in [-0.05, 0) is 55.3 Å². The number of benzene rings is 2. The second kappa shape index (κ2) is 6.10. The molecule has 0 saturated heterocycles. The van der Waals surface area contributed by atoms with Crippen molar-refractivity contribution in [3.63, 3.8) is 0 Å². The molecule has 1 heterocycles. The van der Waals surface area contributed by atoms with Crippen LogP contribution in [-0.4, -0.2) is 9.55 Å². The molecule has 118 valence electrons. The third kappa shape index (κ3) is 2.93. The van der Waals surface area contributed by atoms with Crippen LogP contribution in [-0.2, 0) is 7.05 Å². The smallest absolute Gasteiger partial charge is 0.261 e. The first kappa shape index (κ1) is 16.2. The normalized spacial score (nSPS) is 12.6. The Morgan fingerprint density at radius 1 is 1.22 bits per heavy atom. The molecule has 5 heteroatoms. The van der Waals surface area contributed by atoms with Gasteiger partial charge in [-0.1, -0.05) is 33.6 Å². The highest BCUT2D eigenvalue weighted by Gasteiger charge is 2.15. The van der Waals surface area contributed by atoms with E-state index in [4.69, 9.17) is 16.6 Å². The highest BCUT2D eigenvalue weighted by molar-refractivity contribution is 9.09. The third-order valence-corrected chi connectivity index (χ3v) is 4.63. The number of aryl methyl sites for hydroxylation is 1. The zero-order chi connectivity index (χ0) is 16.7. The van der Waals surface area contributed by atoms with E-state index in [1.165, 1.54) is 0 Å². The molecule has 0 aliphatic heterocycles. The van der Waals surface area contributed by atoms with Crippen LogP contribution in [0, 0.1) is 6.92 Å². The molecule has 2 aromatic carbocycles. The molecule has 0 N–H and O–H groups in total. The molecule has 3 nitrogen and oxygen atoms in total. The minimum atomic E-state index is -0.0435. The summed E-state index contributed by atoms with van der Waals surface area (Å²) in [5.41, 5.74) is 3.64. The van der Waals surface area contributed by atoms with E-state index in [1.807, 2.05) is 32.0 Å². The maximum absolute atomic E-state index is 12.8. The summed E-state index contributed by atoms with van der Waals surface area (Å²) in [6.45, 7) is 4.03. The number of aromatic nitrogens is 2. The number of nitrogens with zero attached hydrogens (tertiary/aromatic N) is 2. The molecule has 1 aromatic heterocycles. The lowest BCUT2D eigenvalue weighted by Crippen LogP contribution is -2.21. The Bertz CT molecular complexity index is 946. The summed E-state index contributed by atoms with van der Waals surface area (Å²) in [4.78, 5) is 17.7. The second-order valence-corrected chi connectivity index (χ2v) is 7.48. The zero-order valence-corrected chi connectivity index (χ0v) is 15.4. The van der Waals surface area contributed by atoms with Crippen LogP contribution in [0.4, 0.5) is 0 Å². The van der Waals surface area contributed by atoms with Gasteiger partial charge in [-0.3, -0.25) is 9.36 Å². The van der Waals surface area contributed by atoms with Crippen LogP contribution < -0.4 is 5.56 Å². The van der Waals surface area contributed by atoms with E-state index in [-0.39, 0.29) is 10.4 Å². The molecular weight excluding hydrogens is 376 g/mol. The zero-order valence-electron chi connectivity index (χ0n) is 13.1. The first-order valence-corrected chi connectivity index (χ1v) is 8.59. The minimum Gasteiger partial charge on any atom is -0.295 e. The summed E-state index contributed by atoms with van der Waals surface area (Å²) in [5.74, 6) is 0.636. The quantitative estimate of drug-likeness (QED) is 0.575. The van der Waals surface area contributed by atoms with Crippen molar-refractivity contribution in [3.8, 4) is 11.4 Å². The molecule has 3 rings (SSSR count). The molecule has 0 radical (unpaired) electrons. The van der Waals surface area contributed by atoms with Crippen LogP contribution in [0.3, 0.4) is 0 Å². The Labute approximate surface area is 148 Å². The van der Waals surface area contributed by atoms with E-state index in [0.717, 1.165) is 22.2 Å². The van der Waals surface area contributed by atoms with Crippen LogP contribution in [0.1, 0.15) is 22.9 Å². The molecule has 3 aromatic rings. The van der Waals surface area contributed by atoms with Gasteiger partial charge in [0.2, 0.25) is 0 Å². The Kier molecular flexibility index (Phi) is 4.30. The highest BCUT2D eigenvalue weighted by Crippen LogP contribution is 2.30. The van der Waals surface area contributed by atoms with Gasteiger partial charge in [-0.15, -0.1) is 0 Å². The maximum Gasteiger partial charge on any atom is 0.261 e. The van der Waals surface area contributed by atoms with Crippen LogP contribution in [0.2, 0.25) is 5.02 Å². The Hall–Kier alpha value is -1.65. The van der Waals surface area contributed by atoms with Gasteiger partial charge < -0.3 is 0 Å². The highest BCUT2D eigenvalue weighted by atomic mass is 79.9. The molecular formula is C18H16BrClN2O. The topological polar surface area (TPSA) is 34.9 Å². The van der Waals surface area contributed by atoms with Crippen LogP contribution in [0.15, 0.2) is 41.2 Å². The van der Waals surface area contributed by atoms with E-state index in [2.05, 4.69) is 22.0 Å². The lowest BCUT2D eigenvalue weighted by Gasteiger charge is -2.14. The number of hydrogen-bond donors (Lipinski definition) is 0. The molecule has 0 aliphatic carbocycles. The Morgan fingerprint density at radius 3 is 2.48 bits per heavy atom. The van der Waals surface area contributed by atoms with E-state index in [9.17, 15) is 4.79 Å². The lowest BCUT2D eigenvalue weighted by atomic mass is 10.0. The van der Waals surface area contributed by atoms with Crippen LogP contribution in [0.5, 0.6) is 0 Å². The SMILES string of the molecule is Cc1cc(C(C)Br)c2nc(-c3ccc(Cl)cc3)n(C)c(=O)c2c1. The largest absolute Gasteiger partial charge is 0.295 e. The van der Waals surface area contributed by atoms with E-state index >= 15 is 0 Å². The van der Waals surface area contributed by atoms with Gasteiger partial charge in [-0.25, -0.2) is 4.98 Å². The van der Waals surface area contributed by atoms with Gasteiger partial charge in [0, 0.05) is 22.5 Å². The van der Waals surface area contributed by atoms with Crippen LogP contribution in [0.25, 0.3) is 22.3 Å². The van der Waals surface area contributed by atoms with Crippen molar-refractivity contribution in [1.82, 2.24) is 9.55 Å². The van der Waals surface area contributed by atoms with Crippen LogP contribution >= 0.6 is 27.5 Å². The summed E-state index contributed by atoms with van der Waals surface area (Å²) in [5, 5.41) is 1.30. The second-order valence-electron chi connectivity index (χ2n) is 5.67. The molecule has 23 heavy (non-hydrogen) atoms. The summed E-state index contributed by atoms with van der Waals surface area (Å²) in [7, 11) is 1.75. The number of alkyl halides is 1. The first-order valence-electron chi connectivity index (χ1n) is 7.30. The average Bonchev–Trinajstić information content (AvgIpc) is 2.51. The van der Waals surface area contributed by atoms with Gasteiger partial charge in [0.1, 0.15) is 5.82 Å². The van der Waals surface area contributed by atoms with Crippen molar-refractivity contribution in [2.45, 2.75) is 18.7 Å². The molecule has 0 fully saturated rings. The number of hydrogen-bond acceptors (Lipinski definition) is 2. The molecule has 0 amide bonds. The number of fused-ring (bicyclic) bond motifs is 1. The van der Waals surface area contributed by atoms with Gasteiger partial charge in [0.15, 0.2) is 0 Å². The molecule has 1 unspecified atom stereocenters. The lowest BCUT2D eigenvalue weighted by molar-refractivity contribution is 0.854. The number of halogens is 2. The fourth-order valence-electron chi connectivity index (χ4n) is 2.71. The first-order chi connectivity index (χ1) is 10.9. The van der Waals surface area contributed by atoms with E-state index in [1.54, 1.807) is 23.7 Å². The summed E-state index contributed by atoms with van der Waals surface area (Å²) in [6, 6.07) is 11.3. The summed E-state index contributed by atoms with van der Waals surface area (Å²) >= 11 is 9.56. The van der Waals surface area contributed by atoms with Crippen molar-refractivity contribution in [2.75, 3.05) is 0 Å². The Morgan fingerprint density at radius 2 is 1.87 bits per heavy atom. The predicted molar refractivity (Wildman–Crippen MR) is 99.5 cm³/mol. The van der Waals surface area contributed by atoms with E-state index < -0.39 is 0 Å². The predicted octanol–water partition coefficient (Wildman–Crippen LogP) is 5.02. The molecule has 0 aliphatic rings. The monoisotopic (exact) mass is 390 g/mol. The molecule has 0 bridgehead atoms. The van der Waals surface area contributed by atoms with Crippen molar-refractivity contribution >= 4 is 38.4 Å². The molecule has 0 saturated carbocycles. The maximum atomic E-state index is 12.8. The Balaban J connectivity index is 2.39. The van der Waals surface area contributed by atoms with Gasteiger partial charge >= 0.3 is 0 Å². The van der Waals surface area contributed by atoms with Gasteiger partial charge in [0.25, 0.3) is 5.56 Å². The van der Waals surface area contributed by atoms with E-state index in [0.29, 0.717) is 16.2 Å². The van der Waals surface area contributed by atoms with Crippen molar-refractivity contribution in [3.05, 3.63) is 62.9 Å². The summed E-state index contributed by atoms with van der Waals surface area (Å²) < 4.78 is 1.59. The van der Waals surface area contributed by atoms with Crippen molar-refractivity contribution in [1.29, 1.82) is 0 Å². The minimum absolute atomic E-state index is 0.0435. The average molecular weight is 392 g/mol. The summed E-state index contributed by atoms with van der Waals surface area (Å²) in [6.07, 6.45) is 0. The fourth-order valence-corrected chi connectivity index (χ4v) is 3.19. The number of rotatable bonds is 2. The standard InChI is InChI=1S/C18H16BrClN2O/c1-10-8-14(11(2)19)16-15(9-10)18(23)22(3)17(21-16)12-4-6-13(20)7-5-12/h4-9,11H,1-3H3. The molecule has 0 spiro atoms. The molecule has 1 atom stereocenters. The van der Waals surface area contributed by atoms with Gasteiger partial charge in [-0.2, -0.15) is 0 Å². The van der Waals surface area contributed by atoms with Crippen molar-refractivity contribution < 1.29 is 0 Å². The third-order valence-electron chi connectivity index (χ3n) is 3.89. The fraction of sp³-hybridized carbons (Fsp3) is 0.222. The van der Waals surface area contributed by atoms with Crippen molar-refractivity contribution in [2.24, 2.45) is 7.05 Å². The van der Waals surface area contributed by atoms with Gasteiger partial charge in [0.05, 0.1) is 10.9 Å².